The van der Waals surface area contributed by atoms with E-state index in [0.29, 0.717) is 5.75 Å². The third-order valence-corrected chi connectivity index (χ3v) is 2.21. The van der Waals surface area contributed by atoms with Gasteiger partial charge in [-0.2, -0.15) is 0 Å². The fourth-order valence-corrected chi connectivity index (χ4v) is 1.43. The summed E-state index contributed by atoms with van der Waals surface area (Å²) in [4.78, 5) is 0. The second-order valence-electron chi connectivity index (χ2n) is 3.24. The maximum Gasteiger partial charge on any atom is 0.123 e. The smallest absolute Gasteiger partial charge is 0.123 e. The van der Waals surface area contributed by atoms with Crippen LogP contribution in [0.15, 0.2) is 30.4 Å². The maximum atomic E-state index is 9.71. The topological polar surface area (TPSA) is 29.5 Å². The zero-order valence-electron chi connectivity index (χ0n) is 8.82. The summed E-state index contributed by atoms with van der Waals surface area (Å²) >= 11 is 0. The molecule has 0 amide bonds. The second kappa shape index (κ2) is 4.70. The Morgan fingerprint density at radius 2 is 2.14 bits per heavy atom. The summed E-state index contributed by atoms with van der Waals surface area (Å²) in [5, 5.41) is 9.71. The molecule has 1 atom stereocenters. The fraction of sp³-hybridized carbons (Fsp3) is 0.333. The van der Waals surface area contributed by atoms with Crippen LogP contribution in [-0.2, 0) is 0 Å². The Hall–Kier alpha value is -1.44. The molecule has 2 heteroatoms. The summed E-state index contributed by atoms with van der Waals surface area (Å²) in [7, 11) is 1.59. The van der Waals surface area contributed by atoms with E-state index in [1.165, 1.54) is 0 Å². The summed E-state index contributed by atoms with van der Waals surface area (Å²) in [6, 6.07) is 5.38. The van der Waals surface area contributed by atoms with Crippen LogP contribution in [0, 0.1) is 0 Å². The van der Waals surface area contributed by atoms with Gasteiger partial charge in [-0.25, -0.2) is 0 Å². The average molecular weight is 192 g/mol. The van der Waals surface area contributed by atoms with Crippen LogP contribution in [-0.4, -0.2) is 12.2 Å². The number of phenolic OH excluding ortho intramolecular Hbond substituents is 1. The molecule has 1 aromatic carbocycles. The molecule has 0 spiro atoms. The highest BCUT2D eigenvalue weighted by atomic mass is 16.5. The van der Waals surface area contributed by atoms with Gasteiger partial charge in [0.05, 0.1) is 7.11 Å². The van der Waals surface area contributed by atoms with Crippen LogP contribution in [0.2, 0.25) is 0 Å². The zero-order chi connectivity index (χ0) is 10.6. The number of allylic oxidation sites excluding steroid dienone is 2. The minimum atomic E-state index is 0.228. The highest BCUT2D eigenvalue weighted by Gasteiger charge is 2.07. The molecule has 0 heterocycles. The van der Waals surface area contributed by atoms with Gasteiger partial charge in [-0.05, 0) is 13.0 Å². The predicted molar refractivity (Wildman–Crippen MR) is 57.9 cm³/mol. The Morgan fingerprint density at radius 3 is 2.64 bits per heavy atom. The van der Waals surface area contributed by atoms with Gasteiger partial charge >= 0.3 is 0 Å². The second-order valence-corrected chi connectivity index (χ2v) is 3.24. The normalized spacial score (nSPS) is 13.1. The molecule has 0 aliphatic heterocycles. The Bertz CT molecular complexity index is 329. The van der Waals surface area contributed by atoms with E-state index in [9.17, 15) is 5.11 Å². The summed E-state index contributed by atoms with van der Waals surface area (Å²) in [5.74, 6) is 1.19. The van der Waals surface area contributed by atoms with Gasteiger partial charge in [0, 0.05) is 17.5 Å². The van der Waals surface area contributed by atoms with Crippen molar-refractivity contribution >= 4 is 0 Å². The molecular weight excluding hydrogens is 176 g/mol. The van der Waals surface area contributed by atoms with Crippen molar-refractivity contribution in [1.82, 2.24) is 0 Å². The molecule has 0 aromatic heterocycles. The molecule has 2 nitrogen and oxygen atoms in total. The number of ether oxygens (including phenoxy) is 1. The SMILES string of the molecule is C/C=C/C(C)c1ccc(OC)cc1O. The first-order chi connectivity index (χ1) is 6.69. The van der Waals surface area contributed by atoms with E-state index in [-0.39, 0.29) is 11.7 Å². The van der Waals surface area contributed by atoms with Crippen molar-refractivity contribution in [2.75, 3.05) is 7.11 Å². The summed E-state index contributed by atoms with van der Waals surface area (Å²) in [6.07, 6.45) is 4.02. The Balaban J connectivity index is 2.99. The minimum absolute atomic E-state index is 0.228. The maximum absolute atomic E-state index is 9.71. The molecule has 0 saturated carbocycles. The molecule has 1 aromatic rings. The van der Waals surface area contributed by atoms with Gasteiger partial charge in [0.2, 0.25) is 0 Å². The number of hydrogen-bond donors (Lipinski definition) is 1. The Labute approximate surface area is 84.8 Å². The number of aromatic hydroxyl groups is 1. The summed E-state index contributed by atoms with van der Waals surface area (Å²) in [5.41, 5.74) is 0.920. The quantitative estimate of drug-likeness (QED) is 0.746. The van der Waals surface area contributed by atoms with E-state index in [4.69, 9.17) is 4.74 Å². The molecule has 0 aliphatic rings. The Kier molecular flexibility index (Phi) is 3.57. The van der Waals surface area contributed by atoms with Gasteiger partial charge in [-0.15, -0.1) is 0 Å². The first kappa shape index (κ1) is 10.6. The lowest BCUT2D eigenvalue weighted by atomic mass is 9.99. The van der Waals surface area contributed by atoms with Crippen LogP contribution in [0.25, 0.3) is 0 Å². The average Bonchev–Trinajstić information content (AvgIpc) is 2.17. The van der Waals surface area contributed by atoms with E-state index < -0.39 is 0 Å². The minimum Gasteiger partial charge on any atom is -0.508 e. The number of benzene rings is 1. The molecule has 0 radical (unpaired) electrons. The molecule has 1 N–H and O–H groups in total. The van der Waals surface area contributed by atoms with Crippen molar-refractivity contribution in [3.63, 3.8) is 0 Å². The highest BCUT2D eigenvalue weighted by molar-refractivity contribution is 5.42. The molecule has 0 aliphatic carbocycles. The number of rotatable bonds is 3. The first-order valence-electron chi connectivity index (χ1n) is 4.68. The van der Waals surface area contributed by atoms with E-state index in [0.717, 1.165) is 5.56 Å². The highest BCUT2D eigenvalue weighted by Crippen LogP contribution is 2.29. The van der Waals surface area contributed by atoms with Gasteiger partial charge < -0.3 is 9.84 Å². The summed E-state index contributed by atoms with van der Waals surface area (Å²) in [6.45, 7) is 4.01. The predicted octanol–water partition coefficient (Wildman–Crippen LogP) is 3.08. The number of phenols is 1. The lowest BCUT2D eigenvalue weighted by molar-refractivity contribution is 0.406. The van der Waals surface area contributed by atoms with E-state index in [1.807, 2.05) is 38.1 Å². The first-order valence-corrected chi connectivity index (χ1v) is 4.68. The molecule has 1 rings (SSSR count). The van der Waals surface area contributed by atoms with Gasteiger partial charge in [-0.3, -0.25) is 0 Å². The lowest BCUT2D eigenvalue weighted by Gasteiger charge is -2.10. The van der Waals surface area contributed by atoms with Crippen molar-refractivity contribution in [3.05, 3.63) is 35.9 Å². The molecule has 1 unspecified atom stereocenters. The van der Waals surface area contributed by atoms with Crippen LogP contribution in [0.3, 0.4) is 0 Å². The third-order valence-electron chi connectivity index (χ3n) is 2.21. The monoisotopic (exact) mass is 192 g/mol. The molecule has 0 saturated heterocycles. The molecule has 14 heavy (non-hydrogen) atoms. The van der Waals surface area contributed by atoms with E-state index >= 15 is 0 Å². The number of hydrogen-bond acceptors (Lipinski definition) is 2. The van der Waals surface area contributed by atoms with Gasteiger partial charge in [0.25, 0.3) is 0 Å². The third kappa shape index (κ3) is 2.28. The van der Waals surface area contributed by atoms with Crippen LogP contribution in [0.5, 0.6) is 11.5 Å². The van der Waals surface area contributed by atoms with Crippen LogP contribution in [0.4, 0.5) is 0 Å². The lowest BCUT2D eigenvalue weighted by Crippen LogP contribution is -1.91. The molecular formula is C12H16O2. The summed E-state index contributed by atoms with van der Waals surface area (Å²) < 4.78 is 5.01. The van der Waals surface area contributed by atoms with Crippen molar-refractivity contribution in [1.29, 1.82) is 0 Å². The molecule has 0 fully saturated rings. The number of methoxy groups -OCH3 is 1. The van der Waals surface area contributed by atoms with Gasteiger partial charge in [0.15, 0.2) is 0 Å². The fourth-order valence-electron chi connectivity index (χ4n) is 1.43. The van der Waals surface area contributed by atoms with E-state index in [1.54, 1.807) is 13.2 Å². The Morgan fingerprint density at radius 1 is 1.43 bits per heavy atom. The largest absolute Gasteiger partial charge is 0.508 e. The van der Waals surface area contributed by atoms with E-state index in [2.05, 4.69) is 0 Å². The standard InChI is InChI=1S/C12H16O2/c1-4-5-9(2)11-7-6-10(14-3)8-12(11)13/h4-9,13H,1-3H3/b5-4+. The van der Waals surface area contributed by atoms with Crippen LogP contribution < -0.4 is 4.74 Å². The van der Waals surface area contributed by atoms with Crippen molar-refractivity contribution in [3.8, 4) is 11.5 Å². The van der Waals surface area contributed by atoms with Gasteiger partial charge in [0.1, 0.15) is 11.5 Å². The van der Waals surface area contributed by atoms with Crippen molar-refractivity contribution in [2.24, 2.45) is 0 Å². The molecule has 0 bridgehead atoms. The van der Waals surface area contributed by atoms with Crippen molar-refractivity contribution < 1.29 is 9.84 Å². The van der Waals surface area contributed by atoms with Crippen LogP contribution in [0.1, 0.15) is 25.3 Å². The van der Waals surface area contributed by atoms with Gasteiger partial charge in [-0.1, -0.05) is 25.1 Å². The van der Waals surface area contributed by atoms with Crippen molar-refractivity contribution in [2.45, 2.75) is 19.8 Å². The molecule has 76 valence electrons. The van der Waals surface area contributed by atoms with Crippen LogP contribution >= 0.6 is 0 Å². The zero-order valence-corrected chi connectivity index (χ0v) is 8.82.